The minimum atomic E-state index is -0.146. The van der Waals surface area contributed by atoms with Gasteiger partial charge in [0.25, 0.3) is 0 Å². The molecule has 192 valence electrons. The first-order valence-corrected chi connectivity index (χ1v) is 13.0. The molecule has 1 aliphatic carbocycles. The summed E-state index contributed by atoms with van der Waals surface area (Å²) in [5, 5.41) is 4.40. The lowest BCUT2D eigenvalue weighted by Crippen LogP contribution is -2.35. The summed E-state index contributed by atoms with van der Waals surface area (Å²) in [5.41, 5.74) is 9.29. The normalized spacial score (nSPS) is 17.5. The molecule has 0 amide bonds. The number of ether oxygens (including phenoxy) is 2. The van der Waals surface area contributed by atoms with Crippen molar-refractivity contribution in [3.63, 3.8) is 0 Å². The van der Waals surface area contributed by atoms with Gasteiger partial charge in [-0.05, 0) is 62.4 Å². The van der Waals surface area contributed by atoms with Gasteiger partial charge in [0.05, 0.1) is 18.4 Å². The van der Waals surface area contributed by atoms with E-state index in [0.717, 1.165) is 59.3 Å². The fraction of sp³-hybridized carbons (Fsp3) is 0.345. The van der Waals surface area contributed by atoms with Crippen LogP contribution >= 0.6 is 0 Å². The topological polar surface area (TPSA) is 104 Å². The van der Waals surface area contributed by atoms with Crippen molar-refractivity contribution in [3.8, 4) is 22.6 Å². The Kier molecular flexibility index (Phi) is 7.65. The Bertz CT molecular complexity index is 1330. The molecule has 5 rings (SSSR count). The Hall–Kier alpha value is -3.91. The molecular weight excluding hydrogens is 466 g/mol. The van der Waals surface area contributed by atoms with Crippen LogP contribution in [0.4, 0.5) is 5.82 Å². The van der Waals surface area contributed by atoms with Crippen LogP contribution in [0, 0.1) is 0 Å². The summed E-state index contributed by atoms with van der Waals surface area (Å²) in [6.45, 7) is 2.91. The van der Waals surface area contributed by atoms with Crippen LogP contribution in [-0.2, 0) is 9.53 Å². The second kappa shape index (κ2) is 11.4. The molecular formula is C29H33N5O3. The first kappa shape index (κ1) is 24.8. The first-order valence-electron chi connectivity index (χ1n) is 13.0. The predicted molar refractivity (Wildman–Crippen MR) is 144 cm³/mol. The number of nitrogens with one attached hydrogen (secondary N) is 1. The second-order valence-electron chi connectivity index (χ2n) is 9.36. The average Bonchev–Trinajstić information content (AvgIpc) is 3.31. The number of benzene rings is 2. The molecule has 3 N–H and O–H groups in total. The molecule has 4 aromatic rings. The number of hydrogen-bond donors (Lipinski definition) is 2. The maximum absolute atomic E-state index is 11.6. The number of carbonyl (C=O) groups is 1. The summed E-state index contributed by atoms with van der Waals surface area (Å²) in [5.74, 6) is 1.91. The SMILES string of the molecule is CCOC(=O)CCNC1CCC(n2cc(-c3ccc(Oc4ccccc4)cc3)c3c(N)ncnc32)CC1. The highest BCUT2D eigenvalue weighted by Crippen LogP contribution is 2.38. The highest BCUT2D eigenvalue weighted by Gasteiger charge is 2.25. The molecule has 0 spiro atoms. The number of nitrogen functional groups attached to an aromatic ring is 1. The minimum absolute atomic E-state index is 0.146. The third-order valence-corrected chi connectivity index (χ3v) is 6.94. The molecule has 0 aliphatic heterocycles. The van der Waals surface area contributed by atoms with Crippen LogP contribution < -0.4 is 15.8 Å². The van der Waals surface area contributed by atoms with Crippen LogP contribution in [0.3, 0.4) is 0 Å². The van der Waals surface area contributed by atoms with Gasteiger partial charge in [0.15, 0.2) is 0 Å². The van der Waals surface area contributed by atoms with Gasteiger partial charge in [0.2, 0.25) is 0 Å². The number of hydrogen-bond acceptors (Lipinski definition) is 7. The van der Waals surface area contributed by atoms with Crippen LogP contribution in [0.2, 0.25) is 0 Å². The third-order valence-electron chi connectivity index (χ3n) is 6.94. The molecule has 0 bridgehead atoms. The van der Waals surface area contributed by atoms with Crippen molar-refractivity contribution in [3.05, 3.63) is 67.1 Å². The molecule has 0 atom stereocenters. The Labute approximate surface area is 216 Å². The summed E-state index contributed by atoms with van der Waals surface area (Å²) in [4.78, 5) is 20.5. The average molecular weight is 500 g/mol. The van der Waals surface area contributed by atoms with E-state index in [1.54, 1.807) is 0 Å². The van der Waals surface area contributed by atoms with Crippen molar-refractivity contribution in [2.45, 2.75) is 51.1 Å². The number of nitrogens with two attached hydrogens (primary N) is 1. The van der Waals surface area contributed by atoms with E-state index < -0.39 is 0 Å². The van der Waals surface area contributed by atoms with E-state index in [1.807, 2.05) is 61.5 Å². The Balaban J connectivity index is 1.31. The first-order chi connectivity index (χ1) is 18.1. The minimum Gasteiger partial charge on any atom is -0.466 e. The molecule has 0 radical (unpaired) electrons. The molecule has 8 nitrogen and oxygen atoms in total. The van der Waals surface area contributed by atoms with Gasteiger partial charge >= 0.3 is 5.97 Å². The standard InChI is InChI=1S/C29H33N5O3/c1-2-36-26(35)16-17-31-21-10-12-22(13-11-21)34-18-25(27-28(30)32-19-33-29(27)34)20-8-14-24(15-9-20)37-23-6-4-3-5-7-23/h3-9,14-15,18-19,21-22,31H,2,10-13,16-17H2,1H3,(H2,30,32,33). The number of aromatic nitrogens is 3. The number of carbonyl (C=O) groups excluding carboxylic acids is 1. The van der Waals surface area contributed by atoms with Crippen molar-refractivity contribution in [1.29, 1.82) is 0 Å². The van der Waals surface area contributed by atoms with Gasteiger partial charge in [-0.1, -0.05) is 30.3 Å². The largest absolute Gasteiger partial charge is 0.466 e. The van der Waals surface area contributed by atoms with Crippen molar-refractivity contribution in [2.24, 2.45) is 0 Å². The number of fused-ring (bicyclic) bond motifs is 1. The predicted octanol–water partition coefficient (Wildman–Crippen LogP) is 5.50. The van der Waals surface area contributed by atoms with Gasteiger partial charge in [-0.25, -0.2) is 9.97 Å². The fourth-order valence-corrected chi connectivity index (χ4v) is 5.10. The number of anilines is 1. The van der Waals surface area contributed by atoms with E-state index in [9.17, 15) is 4.79 Å². The van der Waals surface area contributed by atoms with Crippen molar-refractivity contribution >= 4 is 22.8 Å². The smallest absolute Gasteiger partial charge is 0.307 e. The third kappa shape index (κ3) is 5.75. The van der Waals surface area contributed by atoms with E-state index in [2.05, 4.69) is 26.0 Å². The van der Waals surface area contributed by atoms with Crippen LogP contribution in [0.5, 0.6) is 11.5 Å². The Morgan fingerprint density at radius 1 is 1.03 bits per heavy atom. The molecule has 1 saturated carbocycles. The maximum atomic E-state index is 11.6. The summed E-state index contributed by atoms with van der Waals surface area (Å²) in [7, 11) is 0. The lowest BCUT2D eigenvalue weighted by atomic mass is 9.91. The lowest BCUT2D eigenvalue weighted by Gasteiger charge is -2.30. The number of nitrogens with zero attached hydrogens (tertiary/aromatic N) is 3. The van der Waals surface area contributed by atoms with Crippen molar-refractivity contribution in [2.75, 3.05) is 18.9 Å². The summed E-state index contributed by atoms with van der Waals surface area (Å²) in [6.07, 6.45) is 8.23. The molecule has 1 aliphatic rings. The summed E-state index contributed by atoms with van der Waals surface area (Å²) in [6, 6.07) is 18.5. The summed E-state index contributed by atoms with van der Waals surface area (Å²) >= 11 is 0. The second-order valence-corrected chi connectivity index (χ2v) is 9.36. The molecule has 1 fully saturated rings. The van der Waals surface area contributed by atoms with Gasteiger partial charge in [0, 0.05) is 30.4 Å². The number of esters is 1. The van der Waals surface area contributed by atoms with Gasteiger partial charge < -0.3 is 25.1 Å². The quantitative estimate of drug-likeness (QED) is 0.293. The monoisotopic (exact) mass is 499 g/mol. The van der Waals surface area contributed by atoms with Gasteiger partial charge in [-0.2, -0.15) is 0 Å². The molecule has 2 aromatic carbocycles. The highest BCUT2D eigenvalue weighted by molar-refractivity contribution is 6.00. The summed E-state index contributed by atoms with van der Waals surface area (Å²) < 4.78 is 13.2. The zero-order valence-electron chi connectivity index (χ0n) is 21.1. The van der Waals surface area contributed by atoms with E-state index in [1.165, 1.54) is 6.33 Å². The molecule has 0 saturated heterocycles. The lowest BCUT2D eigenvalue weighted by molar-refractivity contribution is -0.143. The Morgan fingerprint density at radius 3 is 2.49 bits per heavy atom. The van der Waals surface area contributed by atoms with E-state index in [-0.39, 0.29) is 5.97 Å². The van der Waals surface area contributed by atoms with Crippen LogP contribution in [0.15, 0.2) is 67.1 Å². The van der Waals surface area contributed by atoms with Crippen molar-refractivity contribution < 1.29 is 14.3 Å². The van der Waals surface area contributed by atoms with E-state index in [4.69, 9.17) is 15.2 Å². The highest BCUT2D eigenvalue weighted by atomic mass is 16.5. The molecule has 8 heteroatoms. The van der Waals surface area contributed by atoms with Gasteiger partial charge in [-0.3, -0.25) is 4.79 Å². The van der Waals surface area contributed by atoms with E-state index in [0.29, 0.717) is 37.5 Å². The molecule has 2 aromatic heterocycles. The number of para-hydroxylation sites is 1. The van der Waals surface area contributed by atoms with Crippen LogP contribution in [0.25, 0.3) is 22.2 Å². The van der Waals surface area contributed by atoms with Gasteiger partial charge in [-0.15, -0.1) is 0 Å². The Morgan fingerprint density at radius 2 is 1.76 bits per heavy atom. The van der Waals surface area contributed by atoms with Gasteiger partial charge in [0.1, 0.15) is 29.3 Å². The van der Waals surface area contributed by atoms with Crippen molar-refractivity contribution in [1.82, 2.24) is 19.9 Å². The van der Waals surface area contributed by atoms with Crippen LogP contribution in [0.1, 0.15) is 45.1 Å². The fourth-order valence-electron chi connectivity index (χ4n) is 5.10. The molecule has 37 heavy (non-hydrogen) atoms. The zero-order valence-corrected chi connectivity index (χ0v) is 21.1. The molecule has 2 heterocycles. The van der Waals surface area contributed by atoms with E-state index >= 15 is 0 Å². The number of rotatable bonds is 9. The molecule has 0 unspecified atom stereocenters. The van der Waals surface area contributed by atoms with Crippen LogP contribution in [-0.4, -0.2) is 39.7 Å². The zero-order chi connectivity index (χ0) is 25.6. The maximum Gasteiger partial charge on any atom is 0.307 e.